The van der Waals surface area contributed by atoms with Crippen molar-refractivity contribution in [2.24, 2.45) is 0 Å². The van der Waals surface area contributed by atoms with Crippen LogP contribution in [0.15, 0.2) is 16.9 Å². The maximum absolute atomic E-state index is 13.0. The van der Waals surface area contributed by atoms with E-state index in [1.54, 1.807) is 6.92 Å². The maximum Gasteiger partial charge on any atom is 0.418 e. The maximum atomic E-state index is 13.0. The van der Waals surface area contributed by atoms with Gasteiger partial charge < -0.3 is 15.5 Å². The van der Waals surface area contributed by atoms with Gasteiger partial charge in [0.05, 0.1) is 28.9 Å². The van der Waals surface area contributed by atoms with Gasteiger partial charge in [-0.2, -0.15) is 13.2 Å². The first-order valence-electron chi connectivity index (χ1n) is 7.24. The van der Waals surface area contributed by atoms with Crippen LogP contribution in [0.1, 0.15) is 28.7 Å². The number of nitrogens with two attached hydrogens (primary N) is 1. The molecule has 0 spiro atoms. The summed E-state index contributed by atoms with van der Waals surface area (Å²) in [4.78, 5) is 30.4. The zero-order chi connectivity index (χ0) is 18.5. The van der Waals surface area contributed by atoms with Gasteiger partial charge in [0, 0.05) is 5.69 Å². The third-order valence-corrected chi connectivity index (χ3v) is 3.74. The van der Waals surface area contributed by atoms with E-state index in [9.17, 15) is 22.8 Å². The van der Waals surface area contributed by atoms with Gasteiger partial charge in [-0.3, -0.25) is 9.20 Å². The van der Waals surface area contributed by atoms with Crippen molar-refractivity contribution in [2.45, 2.75) is 20.0 Å². The van der Waals surface area contributed by atoms with Gasteiger partial charge in [0.1, 0.15) is 0 Å². The van der Waals surface area contributed by atoms with Crippen LogP contribution < -0.4 is 11.3 Å². The van der Waals surface area contributed by atoms with Crippen LogP contribution in [0.3, 0.4) is 0 Å². The minimum atomic E-state index is -4.66. The van der Waals surface area contributed by atoms with Crippen molar-refractivity contribution in [1.82, 2.24) is 14.4 Å². The van der Waals surface area contributed by atoms with E-state index < -0.39 is 29.0 Å². The van der Waals surface area contributed by atoms with Gasteiger partial charge in [-0.15, -0.1) is 0 Å². The summed E-state index contributed by atoms with van der Waals surface area (Å²) >= 11 is 0. The van der Waals surface area contributed by atoms with Gasteiger partial charge in [0.25, 0.3) is 5.56 Å². The quantitative estimate of drug-likeness (QED) is 0.543. The van der Waals surface area contributed by atoms with Crippen molar-refractivity contribution in [1.29, 1.82) is 0 Å². The molecule has 0 amide bonds. The summed E-state index contributed by atoms with van der Waals surface area (Å²) in [6.07, 6.45) is -4.66. The largest absolute Gasteiger partial charge is 0.461 e. The Morgan fingerprint density at radius 3 is 2.68 bits per heavy atom. The van der Waals surface area contributed by atoms with Gasteiger partial charge in [-0.1, -0.05) is 0 Å². The number of carbonyl (C=O) groups is 1. The van der Waals surface area contributed by atoms with Crippen molar-refractivity contribution in [3.63, 3.8) is 0 Å². The number of aromatic nitrogens is 3. The molecule has 0 atom stereocenters. The number of hydrogen-bond donors (Lipinski definition) is 2. The Labute approximate surface area is 138 Å². The smallest absolute Gasteiger partial charge is 0.418 e. The molecule has 25 heavy (non-hydrogen) atoms. The Balaban J connectivity index is 2.40. The third kappa shape index (κ3) is 2.59. The molecule has 132 valence electrons. The Morgan fingerprint density at radius 2 is 2.08 bits per heavy atom. The number of nitrogens with one attached hydrogen (secondary N) is 1. The van der Waals surface area contributed by atoms with Gasteiger partial charge in [0.2, 0.25) is 5.65 Å². The number of H-pyrrole nitrogens is 1. The number of esters is 1. The van der Waals surface area contributed by atoms with E-state index in [1.807, 2.05) is 0 Å². The van der Waals surface area contributed by atoms with Gasteiger partial charge >= 0.3 is 12.1 Å². The molecule has 3 aromatic rings. The molecular formula is C15H13F3N4O3. The number of benzene rings is 1. The highest BCUT2D eigenvalue weighted by Gasteiger charge is 2.34. The number of alkyl halides is 3. The number of fused-ring (bicyclic) bond motifs is 3. The summed E-state index contributed by atoms with van der Waals surface area (Å²) in [6, 6.07) is 1.85. The number of nitrogen functional groups attached to an aromatic ring is 1. The van der Waals surface area contributed by atoms with E-state index in [0.717, 1.165) is 12.1 Å². The average molecular weight is 354 g/mol. The Morgan fingerprint density at radius 1 is 1.40 bits per heavy atom. The number of aryl methyl sites for hydroxylation is 1. The standard InChI is InChI=1S/C15H13F3N4O3/c1-3-25-14(24)11-6(2)22-10-5-8(19)7(15(16,17)18)4-9(10)20-13(23)12(22)21-11/h4-5H,3,19H2,1-2H3,(H,20,23). The number of rotatable bonds is 2. The molecule has 0 saturated carbocycles. The lowest BCUT2D eigenvalue weighted by molar-refractivity contribution is -0.136. The van der Waals surface area contributed by atoms with Gasteiger partial charge in [-0.25, -0.2) is 9.78 Å². The molecule has 2 aromatic heterocycles. The zero-order valence-electron chi connectivity index (χ0n) is 13.2. The lowest BCUT2D eigenvalue weighted by Gasteiger charge is -2.12. The lowest BCUT2D eigenvalue weighted by atomic mass is 10.1. The van der Waals surface area contributed by atoms with Crippen LogP contribution >= 0.6 is 0 Å². The summed E-state index contributed by atoms with van der Waals surface area (Å²) in [6.45, 7) is 3.24. The number of hydrogen-bond acceptors (Lipinski definition) is 5. The fourth-order valence-electron chi connectivity index (χ4n) is 2.65. The summed E-state index contributed by atoms with van der Waals surface area (Å²) in [5, 5.41) is 0. The minimum absolute atomic E-state index is 0.0741. The molecule has 0 aliphatic carbocycles. The fraction of sp³-hybridized carbons (Fsp3) is 0.267. The Bertz CT molecular complexity index is 1070. The molecule has 3 N–H and O–H groups in total. The highest BCUT2D eigenvalue weighted by atomic mass is 19.4. The predicted octanol–water partition coefficient (Wildman–Crippen LogP) is 2.26. The van der Waals surface area contributed by atoms with E-state index in [-0.39, 0.29) is 34.7 Å². The first-order chi connectivity index (χ1) is 11.6. The number of imidazole rings is 1. The number of anilines is 1. The molecule has 10 heteroatoms. The van der Waals surface area contributed by atoms with Crippen LogP contribution in [0.5, 0.6) is 0 Å². The number of carbonyl (C=O) groups excluding carboxylic acids is 1. The third-order valence-electron chi connectivity index (χ3n) is 3.74. The highest BCUT2D eigenvalue weighted by molar-refractivity contribution is 5.91. The second-order valence-electron chi connectivity index (χ2n) is 5.33. The second-order valence-corrected chi connectivity index (χ2v) is 5.33. The van der Waals surface area contributed by atoms with E-state index in [2.05, 4.69) is 9.97 Å². The van der Waals surface area contributed by atoms with E-state index in [0.29, 0.717) is 0 Å². The molecule has 0 aliphatic heterocycles. The summed E-state index contributed by atoms with van der Waals surface area (Å²) in [7, 11) is 0. The molecular weight excluding hydrogens is 341 g/mol. The Hall–Kier alpha value is -3.04. The molecule has 1 aromatic carbocycles. The predicted molar refractivity (Wildman–Crippen MR) is 83.4 cm³/mol. The molecule has 0 bridgehead atoms. The highest BCUT2D eigenvalue weighted by Crippen LogP contribution is 2.35. The summed E-state index contributed by atoms with van der Waals surface area (Å²) in [5.74, 6) is -0.726. The van der Waals surface area contributed by atoms with Crippen LogP contribution in [0.2, 0.25) is 0 Å². The topological polar surface area (TPSA) is 102 Å². The number of ether oxygens (including phenoxy) is 1. The van der Waals surface area contributed by atoms with Crippen molar-refractivity contribution in [2.75, 3.05) is 12.3 Å². The fourth-order valence-corrected chi connectivity index (χ4v) is 2.65. The molecule has 0 radical (unpaired) electrons. The van der Waals surface area contributed by atoms with Crippen LogP contribution in [0.25, 0.3) is 16.7 Å². The van der Waals surface area contributed by atoms with Gasteiger partial charge in [0.15, 0.2) is 5.69 Å². The number of nitrogens with zero attached hydrogens (tertiary/aromatic N) is 2. The molecule has 3 rings (SSSR count). The zero-order valence-corrected chi connectivity index (χ0v) is 13.2. The molecule has 0 aliphatic rings. The van der Waals surface area contributed by atoms with Crippen molar-refractivity contribution >= 4 is 28.3 Å². The van der Waals surface area contributed by atoms with Crippen LogP contribution in [-0.2, 0) is 10.9 Å². The van der Waals surface area contributed by atoms with E-state index in [1.165, 1.54) is 11.3 Å². The van der Waals surface area contributed by atoms with Crippen LogP contribution in [0.4, 0.5) is 18.9 Å². The van der Waals surface area contributed by atoms with E-state index in [4.69, 9.17) is 10.5 Å². The summed E-state index contributed by atoms with van der Waals surface area (Å²) in [5.41, 5.74) is 3.41. The average Bonchev–Trinajstić information content (AvgIpc) is 2.85. The molecule has 0 unspecified atom stereocenters. The molecule has 0 fully saturated rings. The number of aromatic amines is 1. The van der Waals surface area contributed by atoms with Crippen molar-refractivity contribution < 1.29 is 22.7 Å². The van der Waals surface area contributed by atoms with Crippen molar-refractivity contribution in [3.05, 3.63) is 39.4 Å². The Kier molecular flexibility index (Phi) is 3.70. The van der Waals surface area contributed by atoms with Gasteiger partial charge in [-0.05, 0) is 26.0 Å². The van der Waals surface area contributed by atoms with Crippen molar-refractivity contribution in [3.8, 4) is 0 Å². The lowest BCUT2D eigenvalue weighted by Crippen LogP contribution is -2.14. The normalized spacial score (nSPS) is 12.0. The monoisotopic (exact) mass is 354 g/mol. The van der Waals surface area contributed by atoms with Crippen LogP contribution in [-0.4, -0.2) is 26.9 Å². The second kappa shape index (κ2) is 5.50. The summed E-state index contributed by atoms with van der Waals surface area (Å²) < 4.78 is 45.2. The molecule has 2 heterocycles. The number of halogens is 3. The SMILES string of the molecule is CCOC(=O)c1nc2c(=O)[nH]c3cc(C(F)(F)F)c(N)cc3n2c1C. The van der Waals surface area contributed by atoms with Crippen LogP contribution in [0, 0.1) is 6.92 Å². The molecule has 0 saturated heterocycles. The minimum Gasteiger partial charge on any atom is -0.461 e. The first-order valence-corrected chi connectivity index (χ1v) is 7.24. The first kappa shape index (κ1) is 16.8. The molecule has 7 nitrogen and oxygen atoms in total. The van der Waals surface area contributed by atoms with E-state index >= 15 is 0 Å².